The molecule has 0 aliphatic heterocycles. The standard InChI is InChI=1S/C18H43FO7Si3/c1-20-28(21-2,22-3)16-12-10-14-18(19,26-27(7,8)9)15-11-13-17-29(23-4,24-5)25-6/h10-17H2,1-9H3. The zero-order valence-corrected chi connectivity index (χ0v) is 22.9. The molecule has 0 heterocycles. The molecule has 11 heteroatoms. The molecule has 0 saturated heterocycles. The summed E-state index contributed by atoms with van der Waals surface area (Å²) in [7, 11) is 2.29. The van der Waals surface area contributed by atoms with Crippen molar-refractivity contribution in [2.24, 2.45) is 0 Å². The van der Waals surface area contributed by atoms with Gasteiger partial charge in [-0.3, -0.25) is 0 Å². The van der Waals surface area contributed by atoms with Gasteiger partial charge in [0.15, 0.2) is 14.2 Å². The molecular weight excluding hydrogens is 431 g/mol. The minimum atomic E-state index is -2.62. The van der Waals surface area contributed by atoms with Crippen molar-refractivity contribution in [3.63, 3.8) is 0 Å². The second kappa shape index (κ2) is 13.7. The van der Waals surface area contributed by atoms with Crippen LogP contribution in [0.2, 0.25) is 31.7 Å². The van der Waals surface area contributed by atoms with Crippen LogP contribution in [0.5, 0.6) is 0 Å². The summed E-state index contributed by atoms with van der Waals surface area (Å²) in [6.07, 6.45) is 3.57. The molecule has 0 rings (SSSR count). The number of halogens is 1. The van der Waals surface area contributed by atoms with Crippen LogP contribution in [0.25, 0.3) is 0 Å². The van der Waals surface area contributed by atoms with E-state index in [4.69, 9.17) is 31.0 Å². The van der Waals surface area contributed by atoms with E-state index in [1.54, 1.807) is 42.7 Å². The first-order valence-corrected chi connectivity index (χ1v) is 17.5. The van der Waals surface area contributed by atoms with Gasteiger partial charge in [0.2, 0.25) is 0 Å². The van der Waals surface area contributed by atoms with Gasteiger partial charge in [0.25, 0.3) is 0 Å². The van der Waals surface area contributed by atoms with Crippen LogP contribution in [0.4, 0.5) is 4.39 Å². The van der Waals surface area contributed by atoms with Crippen LogP contribution < -0.4 is 0 Å². The quantitative estimate of drug-likeness (QED) is 0.212. The zero-order chi connectivity index (χ0) is 22.6. The molecule has 0 bridgehead atoms. The van der Waals surface area contributed by atoms with Gasteiger partial charge in [-0.25, -0.2) is 4.39 Å². The first-order valence-electron chi connectivity index (χ1n) is 10.2. The number of hydrogen-bond acceptors (Lipinski definition) is 7. The molecule has 0 aromatic carbocycles. The van der Waals surface area contributed by atoms with E-state index in [-0.39, 0.29) is 0 Å². The number of hydrogen-bond donors (Lipinski definition) is 0. The van der Waals surface area contributed by atoms with Gasteiger partial charge in [-0.15, -0.1) is 0 Å². The topological polar surface area (TPSA) is 64.6 Å². The highest BCUT2D eigenvalue weighted by atomic mass is 28.4. The number of rotatable bonds is 18. The monoisotopic (exact) mass is 474 g/mol. The summed E-state index contributed by atoms with van der Waals surface area (Å²) in [5, 5.41) is 0. The summed E-state index contributed by atoms with van der Waals surface area (Å²) in [6.45, 7) is 6.04. The molecule has 0 N–H and O–H groups in total. The lowest BCUT2D eigenvalue weighted by molar-refractivity contribution is -0.0859. The summed E-state index contributed by atoms with van der Waals surface area (Å²) >= 11 is 0. The maximum atomic E-state index is 15.7. The molecule has 0 radical (unpaired) electrons. The maximum absolute atomic E-state index is 15.7. The summed E-state index contributed by atoms with van der Waals surface area (Å²) in [5.74, 6) is -1.63. The lowest BCUT2D eigenvalue weighted by Crippen LogP contribution is -2.43. The summed E-state index contributed by atoms with van der Waals surface area (Å²) < 4.78 is 54.2. The average Bonchev–Trinajstić information content (AvgIpc) is 2.68. The second-order valence-electron chi connectivity index (χ2n) is 8.10. The molecular formula is C18H43FO7Si3. The lowest BCUT2D eigenvalue weighted by Gasteiger charge is -2.33. The molecule has 0 fully saturated rings. The molecule has 0 aromatic heterocycles. The van der Waals surface area contributed by atoms with E-state index in [0.717, 1.165) is 12.8 Å². The van der Waals surface area contributed by atoms with Crippen molar-refractivity contribution in [1.29, 1.82) is 0 Å². The molecule has 176 valence electrons. The highest BCUT2D eigenvalue weighted by Crippen LogP contribution is 2.33. The van der Waals surface area contributed by atoms with E-state index in [1.165, 1.54) is 0 Å². The Morgan fingerprint density at radius 2 is 0.897 bits per heavy atom. The van der Waals surface area contributed by atoms with Crippen molar-refractivity contribution < 1.29 is 35.4 Å². The Balaban J connectivity index is 4.73. The lowest BCUT2D eigenvalue weighted by atomic mass is 10.0. The van der Waals surface area contributed by atoms with Gasteiger partial charge in [-0.2, -0.15) is 0 Å². The van der Waals surface area contributed by atoms with Crippen LogP contribution in [0, 0.1) is 0 Å². The third kappa shape index (κ3) is 10.9. The number of unbranched alkanes of at least 4 members (excludes halogenated alkanes) is 2. The highest BCUT2D eigenvalue weighted by molar-refractivity contribution is 6.69. The van der Waals surface area contributed by atoms with Gasteiger partial charge in [-0.1, -0.05) is 0 Å². The molecule has 0 amide bonds. The predicted molar refractivity (Wildman–Crippen MR) is 119 cm³/mol. The number of alkyl halides is 1. The Labute approximate surface area is 180 Å². The molecule has 0 unspecified atom stereocenters. The molecule has 0 aromatic rings. The van der Waals surface area contributed by atoms with E-state index in [1.807, 2.05) is 19.6 Å². The van der Waals surface area contributed by atoms with E-state index >= 15 is 4.39 Å². The van der Waals surface area contributed by atoms with Gasteiger partial charge < -0.3 is 31.0 Å². The van der Waals surface area contributed by atoms with Crippen molar-refractivity contribution in [1.82, 2.24) is 0 Å². The van der Waals surface area contributed by atoms with E-state index in [0.29, 0.717) is 37.8 Å². The van der Waals surface area contributed by atoms with Crippen molar-refractivity contribution in [3.05, 3.63) is 0 Å². The van der Waals surface area contributed by atoms with Crippen LogP contribution in [0.3, 0.4) is 0 Å². The van der Waals surface area contributed by atoms with E-state index in [9.17, 15) is 0 Å². The predicted octanol–water partition coefficient (Wildman–Crippen LogP) is 4.60. The van der Waals surface area contributed by atoms with Crippen molar-refractivity contribution in [2.45, 2.75) is 76.1 Å². The Bertz CT molecular complexity index is 386. The van der Waals surface area contributed by atoms with Crippen LogP contribution in [-0.4, -0.2) is 74.4 Å². The fraction of sp³-hybridized carbons (Fsp3) is 1.00. The zero-order valence-electron chi connectivity index (χ0n) is 19.9. The summed E-state index contributed by atoms with van der Waals surface area (Å²) in [5.41, 5.74) is 0. The summed E-state index contributed by atoms with van der Waals surface area (Å²) in [4.78, 5) is 0. The van der Waals surface area contributed by atoms with Gasteiger partial charge in [0.05, 0.1) is 0 Å². The maximum Gasteiger partial charge on any atom is 0.500 e. The van der Waals surface area contributed by atoms with Crippen molar-refractivity contribution in [3.8, 4) is 0 Å². The average molecular weight is 475 g/mol. The smallest absolute Gasteiger partial charge is 0.387 e. The minimum Gasteiger partial charge on any atom is -0.387 e. The SMILES string of the molecule is CO[Si](CCCCC(F)(CCCC[Si](OC)(OC)OC)O[Si](C)(C)C)(OC)OC. The van der Waals surface area contributed by atoms with Gasteiger partial charge in [0.1, 0.15) is 0 Å². The van der Waals surface area contributed by atoms with Crippen molar-refractivity contribution in [2.75, 3.05) is 42.7 Å². The van der Waals surface area contributed by atoms with E-state index < -0.39 is 31.8 Å². The van der Waals surface area contributed by atoms with Crippen LogP contribution in [-0.2, 0) is 31.0 Å². The Morgan fingerprint density at radius 3 is 1.14 bits per heavy atom. The molecule has 0 atom stereocenters. The van der Waals surface area contributed by atoms with E-state index in [2.05, 4.69) is 0 Å². The Hall–Kier alpha value is 0.301. The first-order chi connectivity index (χ1) is 13.5. The summed E-state index contributed by atoms with van der Waals surface area (Å²) in [6, 6.07) is 1.31. The fourth-order valence-electron chi connectivity index (χ4n) is 3.35. The Kier molecular flexibility index (Phi) is 13.8. The fourth-order valence-corrected chi connectivity index (χ4v) is 8.24. The molecule has 0 spiro atoms. The van der Waals surface area contributed by atoms with Crippen molar-refractivity contribution >= 4 is 25.9 Å². The third-order valence-corrected chi connectivity index (χ3v) is 11.6. The molecule has 0 saturated carbocycles. The molecule has 0 aliphatic carbocycles. The second-order valence-corrected chi connectivity index (χ2v) is 18.7. The van der Waals surface area contributed by atoms with Crippen LogP contribution in [0.15, 0.2) is 0 Å². The van der Waals surface area contributed by atoms with Crippen LogP contribution >= 0.6 is 0 Å². The highest BCUT2D eigenvalue weighted by Gasteiger charge is 2.40. The molecule has 7 nitrogen and oxygen atoms in total. The van der Waals surface area contributed by atoms with Crippen LogP contribution in [0.1, 0.15) is 38.5 Å². The molecule has 0 aliphatic rings. The van der Waals surface area contributed by atoms with Gasteiger partial charge in [-0.05, 0) is 45.3 Å². The normalized spacial score (nSPS) is 13.9. The third-order valence-electron chi connectivity index (χ3n) is 4.92. The first kappa shape index (κ1) is 29.3. The minimum absolute atomic E-state index is 0.348. The molecule has 29 heavy (non-hydrogen) atoms. The Morgan fingerprint density at radius 1 is 0.586 bits per heavy atom. The van der Waals surface area contributed by atoms with Gasteiger partial charge in [0, 0.05) is 67.6 Å². The largest absolute Gasteiger partial charge is 0.500 e. The van der Waals surface area contributed by atoms with Gasteiger partial charge >= 0.3 is 17.6 Å².